The van der Waals surface area contributed by atoms with Crippen molar-refractivity contribution in [3.63, 3.8) is 0 Å². The lowest BCUT2D eigenvalue weighted by atomic mass is 9.93. The van der Waals surface area contributed by atoms with E-state index in [1.807, 2.05) is 36.4 Å². The minimum atomic E-state index is -0.312. The van der Waals surface area contributed by atoms with Crippen molar-refractivity contribution in [1.82, 2.24) is 9.80 Å². The molecule has 0 amide bonds. The molecule has 0 aliphatic carbocycles. The Hall–Kier alpha value is -4.80. The Bertz CT molecular complexity index is 1480. The fraction of sp³-hybridized carbons (Fsp3) is 0.250. The third-order valence-electron chi connectivity index (χ3n) is 8.13. The Morgan fingerprint density at radius 3 is 1.17 bits per heavy atom. The fourth-order valence-electron chi connectivity index (χ4n) is 6.07. The van der Waals surface area contributed by atoms with Crippen LogP contribution in [0.25, 0.3) is 0 Å². The maximum atomic E-state index is 11.1. The molecule has 3 heterocycles. The SMILES string of the molecule is Oc1ccc([C@H](c2cc3c(cc2O)OCO3)N2CCN([C@H](c3ccc(O)cc3)c3cc4c(cc3O)OCO4)CC2)cc1. The normalized spacial score (nSPS) is 17.7. The molecular formula is C32H30N2O8. The van der Waals surface area contributed by atoms with E-state index >= 15 is 0 Å². The van der Waals surface area contributed by atoms with Crippen molar-refractivity contribution in [3.8, 4) is 46.0 Å². The summed E-state index contributed by atoms with van der Waals surface area (Å²) in [6.45, 7) is 2.76. The molecule has 4 N–H and O–H groups in total. The molecule has 42 heavy (non-hydrogen) atoms. The summed E-state index contributed by atoms with van der Waals surface area (Å²) in [5.74, 6) is 2.71. The minimum absolute atomic E-state index is 0.103. The van der Waals surface area contributed by atoms with Crippen LogP contribution in [0, 0.1) is 0 Å². The summed E-state index contributed by atoms with van der Waals surface area (Å²) in [6.07, 6.45) is 0. The number of fused-ring (bicyclic) bond motifs is 2. The number of nitrogens with zero attached hydrogens (tertiary/aromatic N) is 2. The second-order valence-electron chi connectivity index (χ2n) is 10.6. The number of benzene rings is 4. The van der Waals surface area contributed by atoms with Gasteiger partial charge < -0.3 is 39.4 Å². The standard InChI is InChI=1S/C32H30N2O8/c35-21-5-1-19(2-6-21)31(23-13-27-29(15-25(23)37)41-17-39-27)33-9-11-34(12-10-33)32(20-3-7-22(36)8-4-20)24-14-28-30(16-26(24)38)42-18-40-28/h1-8,13-16,31-32,35-38H,9-12,17-18H2/t31-,32-/m1/s1. The molecule has 7 rings (SSSR count). The lowest BCUT2D eigenvalue weighted by molar-refractivity contribution is 0.0882. The summed E-state index contributed by atoms with van der Waals surface area (Å²) in [5.41, 5.74) is 3.20. The van der Waals surface area contributed by atoms with E-state index in [0.29, 0.717) is 60.3 Å². The summed E-state index contributed by atoms with van der Waals surface area (Å²) in [5, 5.41) is 42.0. The molecule has 4 aromatic rings. The third-order valence-corrected chi connectivity index (χ3v) is 8.13. The van der Waals surface area contributed by atoms with E-state index in [1.165, 1.54) is 0 Å². The molecule has 3 aliphatic heterocycles. The monoisotopic (exact) mass is 570 g/mol. The summed E-state index contributed by atoms with van der Waals surface area (Å²) in [7, 11) is 0. The summed E-state index contributed by atoms with van der Waals surface area (Å²) in [4.78, 5) is 4.57. The van der Waals surface area contributed by atoms with Crippen LogP contribution in [0.5, 0.6) is 46.0 Å². The van der Waals surface area contributed by atoms with Crippen LogP contribution in [0.1, 0.15) is 34.3 Å². The Balaban J connectivity index is 1.22. The Labute approximate surface area is 242 Å². The van der Waals surface area contributed by atoms with Crippen molar-refractivity contribution < 1.29 is 39.4 Å². The molecule has 216 valence electrons. The van der Waals surface area contributed by atoms with E-state index in [1.54, 1.807) is 36.4 Å². The highest BCUT2D eigenvalue weighted by Gasteiger charge is 2.34. The van der Waals surface area contributed by atoms with E-state index < -0.39 is 0 Å². The van der Waals surface area contributed by atoms with E-state index in [9.17, 15) is 20.4 Å². The number of hydrogen-bond acceptors (Lipinski definition) is 10. The van der Waals surface area contributed by atoms with Crippen molar-refractivity contribution in [2.45, 2.75) is 12.1 Å². The van der Waals surface area contributed by atoms with Crippen LogP contribution in [0.2, 0.25) is 0 Å². The summed E-state index contributed by atoms with van der Waals surface area (Å²) in [6, 6.07) is 20.2. The number of phenolic OH excluding ortho intramolecular Hbond substituents is 4. The van der Waals surface area contributed by atoms with Crippen LogP contribution in [-0.2, 0) is 0 Å². The quantitative estimate of drug-likeness (QED) is 0.264. The largest absolute Gasteiger partial charge is 0.508 e. The molecule has 0 aromatic heterocycles. The van der Waals surface area contributed by atoms with Crippen LogP contribution in [0.3, 0.4) is 0 Å². The van der Waals surface area contributed by atoms with Gasteiger partial charge in [0.05, 0.1) is 12.1 Å². The first-order valence-electron chi connectivity index (χ1n) is 13.8. The van der Waals surface area contributed by atoms with E-state index in [2.05, 4.69) is 9.80 Å². The smallest absolute Gasteiger partial charge is 0.231 e. The van der Waals surface area contributed by atoms with Crippen molar-refractivity contribution in [1.29, 1.82) is 0 Å². The number of rotatable bonds is 6. The highest BCUT2D eigenvalue weighted by Crippen LogP contribution is 2.46. The van der Waals surface area contributed by atoms with Gasteiger partial charge in [-0.25, -0.2) is 0 Å². The van der Waals surface area contributed by atoms with Gasteiger partial charge in [-0.3, -0.25) is 9.80 Å². The Kier molecular flexibility index (Phi) is 6.56. The lowest BCUT2D eigenvalue weighted by Crippen LogP contribution is -2.49. The molecule has 3 aliphatic rings. The van der Waals surface area contributed by atoms with Crippen LogP contribution in [-0.4, -0.2) is 70.0 Å². The van der Waals surface area contributed by atoms with Crippen molar-refractivity contribution in [3.05, 3.63) is 95.1 Å². The van der Waals surface area contributed by atoms with Gasteiger partial charge in [-0.15, -0.1) is 0 Å². The van der Waals surface area contributed by atoms with Crippen LogP contribution < -0.4 is 18.9 Å². The first-order chi connectivity index (χ1) is 20.4. The minimum Gasteiger partial charge on any atom is -0.508 e. The highest BCUT2D eigenvalue weighted by molar-refractivity contribution is 5.55. The Morgan fingerprint density at radius 1 is 0.476 bits per heavy atom. The van der Waals surface area contributed by atoms with Gasteiger partial charge in [0, 0.05) is 49.4 Å². The number of hydrogen-bond donors (Lipinski definition) is 4. The van der Waals surface area contributed by atoms with Gasteiger partial charge in [-0.1, -0.05) is 24.3 Å². The molecule has 10 heteroatoms. The molecular weight excluding hydrogens is 540 g/mol. The average molecular weight is 571 g/mol. The van der Waals surface area contributed by atoms with E-state index in [0.717, 1.165) is 11.1 Å². The number of phenols is 4. The molecule has 0 bridgehead atoms. The molecule has 2 atom stereocenters. The van der Waals surface area contributed by atoms with Gasteiger partial charge in [-0.05, 0) is 47.5 Å². The van der Waals surface area contributed by atoms with Gasteiger partial charge in [-0.2, -0.15) is 0 Å². The fourth-order valence-corrected chi connectivity index (χ4v) is 6.07. The zero-order valence-electron chi connectivity index (χ0n) is 22.6. The molecule has 0 saturated carbocycles. The molecule has 0 unspecified atom stereocenters. The van der Waals surface area contributed by atoms with Gasteiger partial charge >= 0.3 is 0 Å². The second kappa shape index (κ2) is 10.6. The average Bonchev–Trinajstić information content (AvgIpc) is 3.65. The summed E-state index contributed by atoms with van der Waals surface area (Å²) >= 11 is 0. The molecule has 0 radical (unpaired) electrons. The highest BCUT2D eigenvalue weighted by atomic mass is 16.7. The van der Waals surface area contributed by atoms with Gasteiger partial charge in [0.1, 0.15) is 23.0 Å². The van der Waals surface area contributed by atoms with Crippen LogP contribution >= 0.6 is 0 Å². The molecule has 10 nitrogen and oxygen atoms in total. The third kappa shape index (κ3) is 4.74. The summed E-state index contributed by atoms with van der Waals surface area (Å²) < 4.78 is 22.2. The Morgan fingerprint density at radius 2 is 0.810 bits per heavy atom. The van der Waals surface area contributed by atoms with Gasteiger partial charge in [0.25, 0.3) is 0 Å². The molecule has 1 fully saturated rings. The maximum Gasteiger partial charge on any atom is 0.231 e. The maximum absolute atomic E-state index is 11.1. The molecule has 0 spiro atoms. The van der Waals surface area contributed by atoms with Gasteiger partial charge in [0.2, 0.25) is 13.6 Å². The predicted octanol–water partition coefficient (Wildman–Crippen LogP) is 4.46. The first-order valence-corrected chi connectivity index (χ1v) is 13.8. The number of piperazine rings is 1. The van der Waals surface area contributed by atoms with Crippen molar-refractivity contribution in [2.24, 2.45) is 0 Å². The topological polar surface area (TPSA) is 124 Å². The van der Waals surface area contributed by atoms with Crippen molar-refractivity contribution >= 4 is 0 Å². The second-order valence-corrected chi connectivity index (χ2v) is 10.6. The van der Waals surface area contributed by atoms with Crippen molar-refractivity contribution in [2.75, 3.05) is 39.8 Å². The molecule has 1 saturated heterocycles. The predicted molar refractivity (Wildman–Crippen MR) is 152 cm³/mol. The van der Waals surface area contributed by atoms with E-state index in [4.69, 9.17) is 18.9 Å². The number of aromatic hydroxyl groups is 4. The van der Waals surface area contributed by atoms with Crippen LogP contribution in [0.4, 0.5) is 0 Å². The lowest BCUT2D eigenvalue weighted by Gasteiger charge is -2.43. The zero-order valence-corrected chi connectivity index (χ0v) is 22.6. The van der Waals surface area contributed by atoms with Crippen LogP contribution in [0.15, 0.2) is 72.8 Å². The number of ether oxygens (including phenoxy) is 4. The molecule has 4 aromatic carbocycles. The first kappa shape index (κ1) is 26.1. The van der Waals surface area contributed by atoms with Gasteiger partial charge in [0.15, 0.2) is 23.0 Å². The van der Waals surface area contributed by atoms with E-state index in [-0.39, 0.29) is 48.7 Å². The zero-order chi connectivity index (χ0) is 28.8.